The molecule has 0 N–H and O–H groups in total. The quantitative estimate of drug-likeness (QED) is 0.189. The van der Waals surface area contributed by atoms with Crippen LogP contribution in [0.5, 0.6) is 0 Å². The minimum Gasteiger partial charge on any atom is -0.456 e. The van der Waals surface area contributed by atoms with Gasteiger partial charge in [-0.05, 0) is 154 Å². The zero-order valence-electron chi connectivity index (χ0n) is 29.7. The fraction of sp³-hybridized carbons (Fsp3) is 0.375. The summed E-state index contributed by atoms with van der Waals surface area (Å²) >= 11 is 0. The highest BCUT2D eigenvalue weighted by Crippen LogP contribution is 2.89. The average Bonchev–Trinajstić information content (AvgIpc) is 3.84. The van der Waals surface area contributed by atoms with Gasteiger partial charge in [0, 0.05) is 27.6 Å². The van der Waals surface area contributed by atoms with E-state index in [1.165, 1.54) is 88.6 Å². The van der Waals surface area contributed by atoms with E-state index in [-0.39, 0.29) is 16.2 Å². The number of para-hydroxylation sites is 1. The molecule has 5 aromatic carbocycles. The number of anilines is 3. The number of nitrogens with zero attached hydrogens (tertiary/aromatic N) is 1. The minimum atomic E-state index is 0.0602. The molecule has 6 unspecified atom stereocenters. The van der Waals surface area contributed by atoms with Crippen LogP contribution in [0.1, 0.15) is 88.5 Å². The fourth-order valence-electron chi connectivity index (χ4n) is 13.6. The van der Waals surface area contributed by atoms with Crippen LogP contribution in [0, 0.1) is 29.1 Å². The molecular formula is C48H45NO. The summed E-state index contributed by atoms with van der Waals surface area (Å²) in [5, 5.41) is 2.36. The van der Waals surface area contributed by atoms with Crippen molar-refractivity contribution < 1.29 is 4.42 Å². The number of hydrogen-bond donors (Lipinski definition) is 0. The van der Waals surface area contributed by atoms with E-state index in [0.29, 0.717) is 5.41 Å². The van der Waals surface area contributed by atoms with Crippen molar-refractivity contribution in [1.82, 2.24) is 0 Å². The Balaban J connectivity index is 1.12. The van der Waals surface area contributed by atoms with Crippen LogP contribution in [0.3, 0.4) is 0 Å². The lowest BCUT2D eigenvalue weighted by Crippen LogP contribution is -2.73. The molecule has 2 bridgehead atoms. The van der Waals surface area contributed by atoms with E-state index in [2.05, 4.69) is 136 Å². The van der Waals surface area contributed by atoms with Crippen molar-refractivity contribution in [2.24, 2.45) is 29.1 Å². The van der Waals surface area contributed by atoms with Gasteiger partial charge >= 0.3 is 0 Å². The first kappa shape index (κ1) is 28.4. The van der Waals surface area contributed by atoms with E-state index in [9.17, 15) is 0 Å². The smallest absolute Gasteiger partial charge is 0.135 e. The predicted octanol–water partition coefficient (Wildman–Crippen LogP) is 12.7. The number of hydrogen-bond acceptors (Lipinski definition) is 2. The van der Waals surface area contributed by atoms with Gasteiger partial charge < -0.3 is 9.32 Å². The molecule has 50 heavy (non-hydrogen) atoms. The molecule has 6 atom stereocenters. The summed E-state index contributed by atoms with van der Waals surface area (Å²) in [4.78, 5) is 2.62. The number of furan rings is 1. The van der Waals surface area contributed by atoms with Crippen molar-refractivity contribution in [2.75, 3.05) is 4.90 Å². The lowest BCUT2D eigenvalue weighted by atomic mass is 9.27. The Labute approximate surface area is 295 Å². The van der Waals surface area contributed by atoms with Crippen molar-refractivity contribution in [2.45, 2.75) is 82.5 Å². The Morgan fingerprint density at radius 1 is 0.600 bits per heavy atom. The molecule has 6 aliphatic carbocycles. The molecule has 248 valence electrons. The zero-order valence-corrected chi connectivity index (χ0v) is 29.7. The molecule has 2 spiro atoms. The highest BCUT2D eigenvalue weighted by Gasteiger charge is 2.84. The summed E-state index contributed by atoms with van der Waals surface area (Å²) in [7, 11) is 0. The first-order chi connectivity index (χ1) is 24.2. The van der Waals surface area contributed by atoms with Gasteiger partial charge in [-0.3, -0.25) is 0 Å². The third kappa shape index (κ3) is 3.12. The molecule has 4 saturated carbocycles. The van der Waals surface area contributed by atoms with E-state index in [1.54, 1.807) is 11.1 Å². The molecule has 6 aromatic rings. The van der Waals surface area contributed by atoms with Crippen molar-refractivity contribution in [3.8, 4) is 11.1 Å². The van der Waals surface area contributed by atoms with Crippen LogP contribution in [0.2, 0.25) is 0 Å². The molecule has 4 fully saturated rings. The van der Waals surface area contributed by atoms with Gasteiger partial charge in [0.05, 0.1) is 5.69 Å². The highest BCUT2D eigenvalue weighted by molar-refractivity contribution is 6.06. The van der Waals surface area contributed by atoms with Gasteiger partial charge in [-0.2, -0.15) is 0 Å². The maximum absolute atomic E-state index is 6.36. The summed E-state index contributed by atoms with van der Waals surface area (Å²) in [6.07, 6.45) is 8.23. The zero-order chi connectivity index (χ0) is 33.4. The lowest BCUT2D eigenvalue weighted by Gasteiger charge is -2.76. The van der Waals surface area contributed by atoms with Gasteiger partial charge in [0.25, 0.3) is 0 Å². The molecule has 0 saturated heterocycles. The van der Waals surface area contributed by atoms with Gasteiger partial charge in [0.1, 0.15) is 11.2 Å². The number of benzene rings is 5. The molecule has 2 heteroatoms. The Kier molecular flexibility index (Phi) is 5.08. The topological polar surface area (TPSA) is 16.4 Å². The fourth-order valence-corrected chi connectivity index (χ4v) is 13.6. The Hall–Kier alpha value is -4.30. The Morgan fingerprint density at radius 3 is 2.22 bits per heavy atom. The molecule has 0 aliphatic heterocycles. The molecule has 0 radical (unpaired) electrons. The van der Waals surface area contributed by atoms with Crippen molar-refractivity contribution in [3.05, 3.63) is 125 Å². The van der Waals surface area contributed by atoms with E-state index >= 15 is 0 Å². The molecule has 1 aromatic heterocycles. The van der Waals surface area contributed by atoms with E-state index in [1.807, 2.05) is 0 Å². The Bertz CT molecular complexity index is 2460. The lowest BCUT2D eigenvalue weighted by molar-refractivity contribution is -0.231. The largest absolute Gasteiger partial charge is 0.456 e. The molecular weight excluding hydrogens is 607 g/mol. The molecule has 1 heterocycles. The standard InChI is InChI=1S/C48H45NO/c1-45(2)20-21-46(3,4)44-37(45)13-9-14-39(44)49(30-17-19-41-35(25-30)34-11-6-8-15-40(34)50-41)31-16-18-33-32-10-5-7-12-36(32)48(38(33)26-31)42-23-28-22-29-24-43(48)47(29,42)27-28/h5-19,25-26,28-29,42-43H,20-24,27H2,1-4H3. The van der Waals surface area contributed by atoms with Gasteiger partial charge in [-0.25, -0.2) is 0 Å². The van der Waals surface area contributed by atoms with Gasteiger partial charge in [0.15, 0.2) is 0 Å². The first-order valence-corrected chi connectivity index (χ1v) is 19.3. The maximum atomic E-state index is 6.36. The average molecular weight is 652 g/mol. The third-order valence-corrected chi connectivity index (χ3v) is 15.6. The second kappa shape index (κ2) is 8.94. The number of fused-ring (bicyclic) bond motifs is 12. The van der Waals surface area contributed by atoms with Crippen molar-refractivity contribution in [3.63, 3.8) is 0 Å². The van der Waals surface area contributed by atoms with Gasteiger partial charge in [-0.15, -0.1) is 0 Å². The van der Waals surface area contributed by atoms with E-state index in [0.717, 1.165) is 34.8 Å². The predicted molar refractivity (Wildman–Crippen MR) is 205 cm³/mol. The molecule has 0 amide bonds. The second-order valence-electron chi connectivity index (χ2n) is 18.4. The highest BCUT2D eigenvalue weighted by atomic mass is 16.3. The summed E-state index contributed by atoms with van der Waals surface area (Å²) in [5.41, 5.74) is 15.9. The maximum Gasteiger partial charge on any atom is 0.135 e. The molecule has 6 aliphatic rings. The van der Waals surface area contributed by atoms with Crippen LogP contribution in [-0.4, -0.2) is 0 Å². The number of rotatable bonds is 3. The van der Waals surface area contributed by atoms with Crippen molar-refractivity contribution >= 4 is 39.0 Å². The summed E-state index contributed by atoms with van der Waals surface area (Å²) in [6.45, 7) is 9.84. The van der Waals surface area contributed by atoms with Crippen molar-refractivity contribution in [1.29, 1.82) is 0 Å². The van der Waals surface area contributed by atoms with Crippen LogP contribution in [0.4, 0.5) is 17.1 Å². The molecule has 12 rings (SSSR count). The van der Waals surface area contributed by atoms with Crippen LogP contribution in [-0.2, 0) is 16.2 Å². The van der Waals surface area contributed by atoms with Gasteiger partial charge in [-0.1, -0.05) is 88.4 Å². The Morgan fingerprint density at radius 2 is 1.32 bits per heavy atom. The molecule has 2 nitrogen and oxygen atoms in total. The SMILES string of the molecule is CC1(C)CCC(C)(C)c2c(N(c3ccc4c(c3)C3(c5ccccc5-4)C4CC5CC6CC3C64C5)c3ccc4oc5ccccc5c4c3)cccc21. The van der Waals surface area contributed by atoms with E-state index < -0.39 is 0 Å². The summed E-state index contributed by atoms with van der Waals surface area (Å²) in [6, 6.07) is 39.6. The third-order valence-electron chi connectivity index (χ3n) is 15.6. The summed E-state index contributed by atoms with van der Waals surface area (Å²) < 4.78 is 6.36. The monoisotopic (exact) mass is 651 g/mol. The van der Waals surface area contributed by atoms with Gasteiger partial charge in [0.2, 0.25) is 0 Å². The summed E-state index contributed by atoms with van der Waals surface area (Å²) in [5.74, 6) is 3.52. The van der Waals surface area contributed by atoms with E-state index in [4.69, 9.17) is 4.42 Å². The van der Waals surface area contributed by atoms with Crippen LogP contribution in [0.15, 0.2) is 108 Å². The van der Waals surface area contributed by atoms with Crippen LogP contribution >= 0.6 is 0 Å². The minimum absolute atomic E-state index is 0.0602. The second-order valence-corrected chi connectivity index (χ2v) is 18.4. The first-order valence-electron chi connectivity index (χ1n) is 19.3. The van der Waals surface area contributed by atoms with Crippen LogP contribution < -0.4 is 4.90 Å². The normalized spacial score (nSPS) is 31.2. The van der Waals surface area contributed by atoms with Crippen LogP contribution in [0.25, 0.3) is 33.1 Å².